The topological polar surface area (TPSA) is 72.9 Å². The molecule has 0 bridgehead atoms. The molecule has 2 rings (SSSR count). The molecule has 1 aliphatic carbocycles. The average molecular weight is 278 g/mol. The number of carbonyl (C=O) groups excluding carboxylic acids is 1. The summed E-state index contributed by atoms with van der Waals surface area (Å²) < 4.78 is 1.86. The lowest BCUT2D eigenvalue weighted by Gasteiger charge is -2.14. The van der Waals surface area contributed by atoms with Gasteiger partial charge in [0, 0.05) is 18.8 Å². The standard InChI is InChI=1S/C15H26N4O/c1-3-5-15(6-7-15)11-17-14(20)13-10-18-19(12(13)2)9-4-8-16/h10H,3-9,11,16H2,1-2H3,(H,17,20). The fourth-order valence-corrected chi connectivity index (χ4v) is 2.72. The third-order valence-corrected chi connectivity index (χ3v) is 4.28. The maximum Gasteiger partial charge on any atom is 0.254 e. The molecule has 1 aromatic rings. The summed E-state index contributed by atoms with van der Waals surface area (Å²) in [6, 6.07) is 0. The summed E-state index contributed by atoms with van der Waals surface area (Å²) >= 11 is 0. The highest BCUT2D eigenvalue weighted by atomic mass is 16.1. The van der Waals surface area contributed by atoms with Crippen molar-refractivity contribution in [2.75, 3.05) is 13.1 Å². The van der Waals surface area contributed by atoms with Crippen molar-refractivity contribution in [1.82, 2.24) is 15.1 Å². The summed E-state index contributed by atoms with van der Waals surface area (Å²) in [7, 11) is 0. The quantitative estimate of drug-likeness (QED) is 0.762. The fourth-order valence-electron chi connectivity index (χ4n) is 2.72. The summed E-state index contributed by atoms with van der Waals surface area (Å²) in [6.45, 7) is 6.35. The number of aromatic nitrogens is 2. The van der Waals surface area contributed by atoms with E-state index in [0.29, 0.717) is 17.5 Å². The number of amides is 1. The summed E-state index contributed by atoms with van der Waals surface area (Å²) in [6.07, 6.45) is 7.43. The minimum Gasteiger partial charge on any atom is -0.351 e. The normalized spacial score (nSPS) is 16.1. The van der Waals surface area contributed by atoms with Gasteiger partial charge >= 0.3 is 0 Å². The number of nitrogens with two attached hydrogens (primary N) is 1. The number of hydrogen-bond donors (Lipinski definition) is 2. The molecule has 0 aromatic carbocycles. The zero-order valence-electron chi connectivity index (χ0n) is 12.6. The molecule has 0 saturated heterocycles. The Balaban J connectivity index is 1.91. The first-order valence-electron chi connectivity index (χ1n) is 7.62. The first kappa shape index (κ1) is 15.0. The number of hydrogen-bond acceptors (Lipinski definition) is 3. The Hall–Kier alpha value is -1.36. The molecule has 3 N–H and O–H groups in total. The second-order valence-corrected chi connectivity index (χ2v) is 5.94. The summed E-state index contributed by atoms with van der Waals surface area (Å²) in [5.41, 5.74) is 7.50. The van der Waals surface area contributed by atoms with Crippen LogP contribution < -0.4 is 11.1 Å². The van der Waals surface area contributed by atoms with Gasteiger partial charge in [0.25, 0.3) is 5.91 Å². The number of nitrogens with one attached hydrogen (secondary N) is 1. The van der Waals surface area contributed by atoms with Gasteiger partial charge in [0.2, 0.25) is 0 Å². The second kappa shape index (κ2) is 6.39. The lowest BCUT2D eigenvalue weighted by Crippen LogP contribution is -2.30. The highest BCUT2D eigenvalue weighted by Gasteiger charge is 2.41. The van der Waals surface area contributed by atoms with E-state index in [1.807, 2.05) is 11.6 Å². The first-order valence-corrected chi connectivity index (χ1v) is 7.62. The van der Waals surface area contributed by atoms with Gasteiger partial charge in [0.1, 0.15) is 0 Å². The van der Waals surface area contributed by atoms with Gasteiger partial charge in [-0.05, 0) is 44.6 Å². The zero-order chi connectivity index (χ0) is 14.6. The number of nitrogens with zero attached hydrogens (tertiary/aromatic N) is 2. The van der Waals surface area contributed by atoms with Gasteiger partial charge in [0.05, 0.1) is 11.8 Å². The van der Waals surface area contributed by atoms with Gasteiger partial charge in [-0.25, -0.2) is 0 Å². The summed E-state index contributed by atoms with van der Waals surface area (Å²) in [5, 5.41) is 7.35. The van der Waals surface area contributed by atoms with E-state index >= 15 is 0 Å². The lowest BCUT2D eigenvalue weighted by molar-refractivity contribution is 0.0943. The van der Waals surface area contributed by atoms with Crippen molar-refractivity contribution in [2.45, 2.75) is 52.5 Å². The zero-order valence-corrected chi connectivity index (χ0v) is 12.6. The van der Waals surface area contributed by atoms with E-state index in [1.54, 1.807) is 6.20 Å². The van der Waals surface area contributed by atoms with E-state index in [0.717, 1.165) is 25.2 Å². The van der Waals surface area contributed by atoms with Crippen LogP contribution in [0.4, 0.5) is 0 Å². The SMILES string of the molecule is CCCC1(CNC(=O)c2cnn(CCCN)c2C)CC1. The van der Waals surface area contributed by atoms with E-state index in [-0.39, 0.29) is 5.91 Å². The molecule has 1 aromatic heterocycles. The van der Waals surface area contributed by atoms with Crippen molar-refractivity contribution < 1.29 is 4.79 Å². The molecule has 1 amide bonds. The van der Waals surface area contributed by atoms with Gasteiger partial charge in [-0.2, -0.15) is 5.10 Å². The predicted molar refractivity (Wildman–Crippen MR) is 79.5 cm³/mol. The van der Waals surface area contributed by atoms with Gasteiger partial charge in [0.15, 0.2) is 0 Å². The Morgan fingerprint density at radius 1 is 1.55 bits per heavy atom. The van der Waals surface area contributed by atoms with Crippen LogP contribution in [0.1, 0.15) is 55.1 Å². The van der Waals surface area contributed by atoms with Gasteiger partial charge in [-0.15, -0.1) is 0 Å². The number of aryl methyl sites for hydroxylation is 1. The molecule has 0 atom stereocenters. The predicted octanol–water partition coefficient (Wildman–Crippen LogP) is 1.85. The van der Waals surface area contributed by atoms with Gasteiger partial charge in [-0.1, -0.05) is 13.3 Å². The maximum atomic E-state index is 12.2. The van der Waals surface area contributed by atoms with E-state index in [2.05, 4.69) is 17.3 Å². The van der Waals surface area contributed by atoms with Crippen LogP contribution in [0.15, 0.2) is 6.20 Å². The molecule has 0 radical (unpaired) electrons. The minimum absolute atomic E-state index is 0.00359. The van der Waals surface area contributed by atoms with Crippen molar-refractivity contribution in [3.8, 4) is 0 Å². The molecular formula is C15H26N4O. The highest BCUT2D eigenvalue weighted by Crippen LogP contribution is 2.48. The van der Waals surface area contributed by atoms with Gasteiger partial charge in [-0.3, -0.25) is 9.48 Å². The number of carbonyl (C=O) groups is 1. The molecule has 1 aliphatic rings. The van der Waals surface area contributed by atoms with Crippen LogP contribution in [-0.4, -0.2) is 28.8 Å². The van der Waals surface area contributed by atoms with Crippen LogP contribution in [0, 0.1) is 12.3 Å². The molecule has 0 spiro atoms. The monoisotopic (exact) mass is 278 g/mol. The van der Waals surface area contributed by atoms with Crippen molar-refractivity contribution in [3.63, 3.8) is 0 Å². The molecule has 0 unspecified atom stereocenters. The highest BCUT2D eigenvalue weighted by molar-refractivity contribution is 5.95. The minimum atomic E-state index is 0.00359. The van der Waals surface area contributed by atoms with Crippen molar-refractivity contribution in [3.05, 3.63) is 17.5 Å². The smallest absolute Gasteiger partial charge is 0.254 e. The van der Waals surface area contributed by atoms with Crippen LogP contribution in [0.25, 0.3) is 0 Å². The fraction of sp³-hybridized carbons (Fsp3) is 0.733. The van der Waals surface area contributed by atoms with Crippen LogP contribution in [-0.2, 0) is 6.54 Å². The lowest BCUT2D eigenvalue weighted by atomic mass is 10.0. The average Bonchev–Trinajstić information content (AvgIpc) is 3.11. The maximum absolute atomic E-state index is 12.2. The molecule has 0 aliphatic heterocycles. The first-order chi connectivity index (χ1) is 9.62. The van der Waals surface area contributed by atoms with E-state index in [1.165, 1.54) is 25.7 Å². The van der Waals surface area contributed by atoms with E-state index in [4.69, 9.17) is 5.73 Å². The molecule has 1 saturated carbocycles. The van der Waals surface area contributed by atoms with Crippen LogP contribution in [0.5, 0.6) is 0 Å². The molecule has 5 heteroatoms. The van der Waals surface area contributed by atoms with E-state index < -0.39 is 0 Å². The third kappa shape index (κ3) is 3.39. The second-order valence-electron chi connectivity index (χ2n) is 5.94. The third-order valence-electron chi connectivity index (χ3n) is 4.28. The Kier molecular flexibility index (Phi) is 4.81. The van der Waals surface area contributed by atoms with Crippen molar-refractivity contribution in [2.24, 2.45) is 11.1 Å². The Morgan fingerprint density at radius 3 is 2.90 bits per heavy atom. The molecule has 112 valence electrons. The molecule has 5 nitrogen and oxygen atoms in total. The summed E-state index contributed by atoms with van der Waals surface area (Å²) in [5.74, 6) is 0.00359. The van der Waals surface area contributed by atoms with Crippen molar-refractivity contribution in [1.29, 1.82) is 0 Å². The molecule has 1 heterocycles. The van der Waals surface area contributed by atoms with Gasteiger partial charge < -0.3 is 11.1 Å². The largest absolute Gasteiger partial charge is 0.351 e. The molecular weight excluding hydrogens is 252 g/mol. The van der Waals surface area contributed by atoms with Crippen molar-refractivity contribution >= 4 is 5.91 Å². The Bertz CT molecular complexity index is 462. The van der Waals surface area contributed by atoms with Crippen LogP contribution in [0.3, 0.4) is 0 Å². The number of rotatable bonds is 8. The summed E-state index contributed by atoms with van der Waals surface area (Å²) in [4.78, 5) is 12.2. The Labute approximate surface area is 120 Å². The molecule has 1 fully saturated rings. The Morgan fingerprint density at radius 2 is 2.30 bits per heavy atom. The van der Waals surface area contributed by atoms with E-state index in [9.17, 15) is 4.79 Å². The van der Waals surface area contributed by atoms with Crippen LogP contribution >= 0.6 is 0 Å². The van der Waals surface area contributed by atoms with Crippen LogP contribution in [0.2, 0.25) is 0 Å². The molecule has 20 heavy (non-hydrogen) atoms.